The molecule has 0 saturated carbocycles. The standard InChI is InChI=1S/C64H120O5/c1-3-5-7-9-11-13-15-17-19-21-23-25-27-29-31-33-34-36-38-40-42-44-46-48-50-52-54-56-58-63(66)68-61-62(60-65)69-64(67)59-57-55-53-51-49-47-45-43-41-39-37-35-32-30-28-26-24-22-20-18-16-14-12-10-8-6-4-2/h16,18,22,24,28,30,62,65H,3-15,17,19-21,23,25-27,29,31-61H2,1-2H3/b18-16-,24-22-,30-28-. The van der Waals surface area contributed by atoms with Gasteiger partial charge < -0.3 is 14.6 Å². The number of aliphatic hydroxyl groups is 1. The summed E-state index contributed by atoms with van der Waals surface area (Å²) < 4.78 is 10.7. The van der Waals surface area contributed by atoms with E-state index in [4.69, 9.17) is 9.47 Å². The number of carbonyl (C=O) groups excluding carboxylic acids is 2. The summed E-state index contributed by atoms with van der Waals surface area (Å²) in [7, 11) is 0. The van der Waals surface area contributed by atoms with E-state index in [1.54, 1.807) is 0 Å². The third kappa shape index (κ3) is 58.6. The Labute approximate surface area is 431 Å². The Bertz CT molecular complexity index is 1100. The maximum atomic E-state index is 12.3. The second-order valence-corrected chi connectivity index (χ2v) is 21.1. The molecular formula is C64H120O5. The van der Waals surface area contributed by atoms with E-state index in [2.05, 4.69) is 50.3 Å². The van der Waals surface area contributed by atoms with E-state index in [9.17, 15) is 14.7 Å². The van der Waals surface area contributed by atoms with Crippen LogP contribution in [0.15, 0.2) is 36.5 Å². The maximum absolute atomic E-state index is 12.3. The summed E-state index contributed by atoms with van der Waals surface area (Å²) in [5, 5.41) is 9.67. The zero-order chi connectivity index (χ0) is 49.9. The minimum atomic E-state index is -0.772. The lowest BCUT2D eigenvalue weighted by molar-refractivity contribution is -0.161. The van der Waals surface area contributed by atoms with Crippen molar-refractivity contribution in [3.05, 3.63) is 36.5 Å². The molecule has 5 heteroatoms. The predicted molar refractivity (Wildman–Crippen MR) is 302 cm³/mol. The molecule has 0 fully saturated rings. The maximum Gasteiger partial charge on any atom is 0.306 e. The molecule has 1 atom stereocenters. The molecule has 0 rings (SSSR count). The quantitative estimate of drug-likeness (QED) is 0.0373. The highest BCUT2D eigenvalue weighted by Crippen LogP contribution is 2.18. The van der Waals surface area contributed by atoms with E-state index >= 15 is 0 Å². The van der Waals surface area contributed by atoms with Gasteiger partial charge in [0.05, 0.1) is 6.61 Å². The van der Waals surface area contributed by atoms with Gasteiger partial charge in [0.1, 0.15) is 6.61 Å². The van der Waals surface area contributed by atoms with Crippen molar-refractivity contribution in [3.63, 3.8) is 0 Å². The van der Waals surface area contributed by atoms with Gasteiger partial charge in [-0.05, 0) is 51.4 Å². The monoisotopic (exact) mass is 969 g/mol. The summed E-state index contributed by atoms with van der Waals surface area (Å²) in [6, 6.07) is 0. The van der Waals surface area contributed by atoms with Gasteiger partial charge in [0.25, 0.3) is 0 Å². The second-order valence-electron chi connectivity index (χ2n) is 21.1. The number of rotatable bonds is 58. The van der Waals surface area contributed by atoms with Gasteiger partial charge in [-0.2, -0.15) is 0 Å². The van der Waals surface area contributed by atoms with Gasteiger partial charge in [0, 0.05) is 12.8 Å². The molecule has 1 N–H and O–H groups in total. The summed E-state index contributed by atoms with van der Waals surface area (Å²) in [4.78, 5) is 24.6. The molecule has 406 valence electrons. The van der Waals surface area contributed by atoms with Crippen LogP contribution in [0.5, 0.6) is 0 Å². The number of unbranched alkanes of at least 4 members (excludes halogenated alkanes) is 44. The molecule has 0 aromatic heterocycles. The molecule has 0 aliphatic heterocycles. The first-order chi connectivity index (χ1) is 34.1. The fourth-order valence-corrected chi connectivity index (χ4v) is 9.51. The summed E-state index contributed by atoms with van der Waals surface area (Å²) in [6.45, 7) is 4.18. The molecule has 5 nitrogen and oxygen atoms in total. The summed E-state index contributed by atoms with van der Waals surface area (Å²) in [5.74, 6) is -0.573. The van der Waals surface area contributed by atoms with Crippen LogP contribution in [0.25, 0.3) is 0 Å². The van der Waals surface area contributed by atoms with Gasteiger partial charge in [-0.25, -0.2) is 0 Å². The van der Waals surface area contributed by atoms with Crippen LogP contribution >= 0.6 is 0 Å². The summed E-state index contributed by atoms with van der Waals surface area (Å²) in [6.07, 6.45) is 78.6. The Kier molecular flexibility index (Phi) is 58.8. The molecule has 1 unspecified atom stereocenters. The largest absolute Gasteiger partial charge is 0.462 e. The highest BCUT2D eigenvalue weighted by Gasteiger charge is 2.16. The number of allylic oxidation sites excluding steroid dienone is 6. The van der Waals surface area contributed by atoms with Crippen molar-refractivity contribution in [2.45, 2.75) is 347 Å². The minimum Gasteiger partial charge on any atom is -0.462 e. The van der Waals surface area contributed by atoms with Gasteiger partial charge in [0.2, 0.25) is 0 Å². The van der Waals surface area contributed by atoms with Crippen molar-refractivity contribution in [1.29, 1.82) is 0 Å². The SMILES string of the molecule is CCCCCCC/C=C\C/C=C\C/C=C\CCCCCCCCCCCCCCC(=O)OC(CO)COC(=O)CCCCCCCCCCCCCCCCCCCCCCCCCCCCCC. The van der Waals surface area contributed by atoms with E-state index in [1.165, 1.54) is 270 Å². The Morgan fingerprint density at radius 2 is 0.580 bits per heavy atom. The number of carbonyl (C=O) groups is 2. The molecule has 0 aromatic carbocycles. The first-order valence-corrected chi connectivity index (χ1v) is 31.0. The van der Waals surface area contributed by atoms with E-state index < -0.39 is 6.10 Å². The zero-order valence-electron chi connectivity index (χ0n) is 46.6. The number of esters is 2. The van der Waals surface area contributed by atoms with Crippen LogP contribution in [0, 0.1) is 0 Å². The highest BCUT2D eigenvalue weighted by atomic mass is 16.6. The molecule has 0 aliphatic carbocycles. The normalized spacial score (nSPS) is 12.3. The van der Waals surface area contributed by atoms with E-state index in [0.29, 0.717) is 12.8 Å². The Hall–Kier alpha value is -1.88. The van der Waals surface area contributed by atoms with Crippen molar-refractivity contribution in [2.75, 3.05) is 13.2 Å². The lowest BCUT2D eigenvalue weighted by Gasteiger charge is -2.15. The fourth-order valence-electron chi connectivity index (χ4n) is 9.51. The van der Waals surface area contributed by atoms with Crippen molar-refractivity contribution in [2.24, 2.45) is 0 Å². The molecule has 69 heavy (non-hydrogen) atoms. The van der Waals surface area contributed by atoms with Crippen LogP contribution < -0.4 is 0 Å². The average molecular weight is 970 g/mol. The van der Waals surface area contributed by atoms with Crippen LogP contribution in [-0.2, 0) is 19.1 Å². The minimum absolute atomic E-state index is 0.0616. The van der Waals surface area contributed by atoms with Crippen LogP contribution in [0.1, 0.15) is 341 Å². The summed E-state index contributed by atoms with van der Waals surface area (Å²) in [5.41, 5.74) is 0. The Morgan fingerprint density at radius 1 is 0.333 bits per heavy atom. The first-order valence-electron chi connectivity index (χ1n) is 31.0. The number of ether oxygens (including phenoxy) is 2. The van der Waals surface area contributed by atoms with Crippen molar-refractivity contribution < 1.29 is 24.2 Å². The smallest absolute Gasteiger partial charge is 0.306 e. The van der Waals surface area contributed by atoms with Gasteiger partial charge in [-0.3, -0.25) is 9.59 Å². The number of hydrogen-bond donors (Lipinski definition) is 1. The molecule has 0 bridgehead atoms. The highest BCUT2D eigenvalue weighted by molar-refractivity contribution is 5.70. The van der Waals surface area contributed by atoms with Crippen LogP contribution in [0.2, 0.25) is 0 Å². The summed E-state index contributed by atoms with van der Waals surface area (Å²) >= 11 is 0. The topological polar surface area (TPSA) is 72.8 Å². The molecule has 0 spiro atoms. The number of hydrogen-bond acceptors (Lipinski definition) is 5. The third-order valence-corrected chi connectivity index (χ3v) is 14.2. The molecular weight excluding hydrogens is 849 g/mol. The predicted octanol–water partition coefficient (Wildman–Crippen LogP) is 21.0. The van der Waals surface area contributed by atoms with Gasteiger partial charge in [-0.15, -0.1) is 0 Å². The molecule has 0 amide bonds. The molecule has 0 saturated heterocycles. The van der Waals surface area contributed by atoms with Gasteiger partial charge in [-0.1, -0.05) is 314 Å². The first kappa shape index (κ1) is 67.1. The van der Waals surface area contributed by atoms with Crippen molar-refractivity contribution in [3.8, 4) is 0 Å². The van der Waals surface area contributed by atoms with E-state index in [-0.39, 0.29) is 25.2 Å². The van der Waals surface area contributed by atoms with E-state index in [0.717, 1.165) is 44.9 Å². The van der Waals surface area contributed by atoms with Gasteiger partial charge in [0.15, 0.2) is 6.10 Å². The fraction of sp³-hybridized carbons (Fsp3) is 0.875. The average Bonchev–Trinajstić information content (AvgIpc) is 3.35. The molecule has 0 aliphatic rings. The molecule has 0 heterocycles. The molecule has 0 aromatic rings. The molecule has 0 radical (unpaired) electrons. The van der Waals surface area contributed by atoms with Crippen molar-refractivity contribution >= 4 is 11.9 Å². The van der Waals surface area contributed by atoms with Gasteiger partial charge >= 0.3 is 11.9 Å². The lowest BCUT2D eigenvalue weighted by atomic mass is 10.0. The van der Waals surface area contributed by atoms with Crippen LogP contribution in [0.3, 0.4) is 0 Å². The second kappa shape index (κ2) is 60.4. The van der Waals surface area contributed by atoms with E-state index in [1.807, 2.05) is 0 Å². The van der Waals surface area contributed by atoms with Crippen LogP contribution in [0.4, 0.5) is 0 Å². The lowest BCUT2D eigenvalue weighted by Crippen LogP contribution is -2.28. The number of aliphatic hydroxyl groups excluding tert-OH is 1. The van der Waals surface area contributed by atoms with Crippen LogP contribution in [-0.4, -0.2) is 36.4 Å². The Balaban J connectivity index is 3.43. The zero-order valence-corrected chi connectivity index (χ0v) is 46.6. The third-order valence-electron chi connectivity index (χ3n) is 14.2. The van der Waals surface area contributed by atoms with Crippen molar-refractivity contribution in [1.82, 2.24) is 0 Å². The Morgan fingerprint density at radius 3 is 0.870 bits per heavy atom.